The number of phenolic OH excluding ortho intramolecular Hbond substituents is 1. The molecule has 0 spiro atoms. The molecule has 13 heteroatoms. The van der Waals surface area contributed by atoms with Crippen molar-refractivity contribution in [3.8, 4) is 17.2 Å². The van der Waals surface area contributed by atoms with E-state index in [1.165, 1.54) is 18.1 Å². The molecule has 3 heterocycles. The summed E-state index contributed by atoms with van der Waals surface area (Å²) in [4.78, 5) is 33.8. The zero-order valence-corrected chi connectivity index (χ0v) is 31.2. The second kappa shape index (κ2) is 14.6. The number of amides is 1. The topological polar surface area (TPSA) is 188 Å². The van der Waals surface area contributed by atoms with Crippen LogP contribution < -0.4 is 9.47 Å². The van der Waals surface area contributed by atoms with Crippen molar-refractivity contribution in [1.29, 1.82) is 0 Å². The summed E-state index contributed by atoms with van der Waals surface area (Å²) in [6.45, 7) is -1.21. The number of phenols is 1. The van der Waals surface area contributed by atoms with Gasteiger partial charge in [-0.1, -0.05) is 36.8 Å². The van der Waals surface area contributed by atoms with Gasteiger partial charge >= 0.3 is 0 Å². The number of ketones is 1. The van der Waals surface area contributed by atoms with Gasteiger partial charge < -0.3 is 49.4 Å². The highest BCUT2D eigenvalue weighted by Crippen LogP contribution is 2.53. The molecule has 0 aromatic heterocycles. The molecular weight excluding hydrogens is 732 g/mol. The van der Waals surface area contributed by atoms with Gasteiger partial charge in [0.15, 0.2) is 17.1 Å². The minimum Gasteiger partial charge on any atom is -0.506 e. The number of aliphatic hydroxyl groups is 4. The number of rotatable bonds is 11. The molecule has 1 amide bonds. The predicted molar refractivity (Wildman–Crippen MR) is 208 cm³/mol. The SMILES string of the molecule is COc1cc(OC2OC(COCC3=C4[CH+]C=CC=C4N=C3)C(O)C(O)C2(O)CO)c2c(O)c(C(=O)CN3Cc4ccccc4C3=O)c3c(c2c1)C=CC1CCCC31. The van der Waals surface area contributed by atoms with Gasteiger partial charge in [0, 0.05) is 48.2 Å². The molecule has 5 N–H and O–H groups in total. The van der Waals surface area contributed by atoms with Gasteiger partial charge in [-0.05, 0) is 53.5 Å². The molecule has 7 atom stereocenters. The number of Topliss-reactive ketones (excluding diaryl/α,β-unsaturated/α-hetero) is 1. The van der Waals surface area contributed by atoms with E-state index in [0.717, 1.165) is 41.7 Å². The molecule has 9 rings (SSSR count). The molecule has 7 unspecified atom stereocenters. The number of aromatic hydroxyl groups is 1. The number of fused-ring (bicyclic) bond motifs is 7. The van der Waals surface area contributed by atoms with Crippen molar-refractivity contribution < 1.29 is 54.1 Å². The minimum atomic E-state index is -2.54. The fourth-order valence-corrected chi connectivity index (χ4v) is 9.15. The number of hydrogen-bond donors (Lipinski definition) is 5. The highest BCUT2D eigenvalue weighted by molar-refractivity contribution is 6.13. The maximum Gasteiger partial charge on any atom is 0.254 e. The molecule has 3 aliphatic heterocycles. The van der Waals surface area contributed by atoms with Gasteiger partial charge in [-0.15, -0.1) is 0 Å². The van der Waals surface area contributed by atoms with Crippen molar-refractivity contribution in [1.82, 2.24) is 4.90 Å². The predicted octanol–water partition coefficient (Wildman–Crippen LogP) is 3.91. The van der Waals surface area contributed by atoms with E-state index in [1.807, 2.05) is 42.9 Å². The van der Waals surface area contributed by atoms with Crippen molar-refractivity contribution in [2.45, 2.75) is 61.9 Å². The number of benzene rings is 3. The van der Waals surface area contributed by atoms with Gasteiger partial charge in [-0.3, -0.25) is 9.59 Å². The molecule has 0 radical (unpaired) electrons. The van der Waals surface area contributed by atoms with Crippen LogP contribution in [0.15, 0.2) is 82.5 Å². The Bertz CT molecular complexity index is 2330. The number of nitrogens with zero attached hydrogens (tertiary/aromatic N) is 2. The monoisotopic (exact) mass is 775 g/mol. The summed E-state index contributed by atoms with van der Waals surface area (Å²) in [5.74, 6) is -0.745. The Hall–Kier alpha value is -5.28. The first-order valence-electron chi connectivity index (χ1n) is 19.2. The highest BCUT2D eigenvalue weighted by Gasteiger charge is 2.56. The van der Waals surface area contributed by atoms with E-state index in [4.69, 9.17) is 18.9 Å². The number of aliphatic imine (C=N–C) groups is 1. The van der Waals surface area contributed by atoms with Crippen LogP contribution in [0.1, 0.15) is 62.6 Å². The summed E-state index contributed by atoms with van der Waals surface area (Å²) in [6, 6.07) is 10.4. The molecule has 0 bridgehead atoms. The van der Waals surface area contributed by atoms with Gasteiger partial charge in [0.05, 0.1) is 49.6 Å². The number of carbonyl (C=O) groups excluding carboxylic acids is 2. The number of carbonyl (C=O) groups is 2. The second-order valence-electron chi connectivity index (χ2n) is 15.4. The molecule has 2 fully saturated rings. The zero-order valence-electron chi connectivity index (χ0n) is 31.2. The number of ether oxygens (including phenoxy) is 4. The van der Waals surface area contributed by atoms with Crippen LogP contribution >= 0.6 is 0 Å². The number of hydrogen-bond acceptors (Lipinski definition) is 12. The lowest BCUT2D eigenvalue weighted by Gasteiger charge is -2.47. The molecule has 57 heavy (non-hydrogen) atoms. The molecule has 294 valence electrons. The van der Waals surface area contributed by atoms with Crippen molar-refractivity contribution in [3.05, 3.63) is 112 Å². The minimum absolute atomic E-state index is 0.0537. The van der Waals surface area contributed by atoms with Gasteiger partial charge in [-0.2, -0.15) is 4.99 Å². The molecule has 1 saturated carbocycles. The molecule has 3 aromatic rings. The Morgan fingerprint density at radius 3 is 2.82 bits per heavy atom. The van der Waals surface area contributed by atoms with Crippen LogP contribution in [0.4, 0.5) is 0 Å². The third-order valence-electron chi connectivity index (χ3n) is 12.2. The number of allylic oxidation sites excluding steroid dienone is 5. The standard InChI is InChI=1S/C44H42N2O11/c1-54-26-15-31-30-14-13-23-8-6-11-28(23)36(30)38(33(48)19-46-18-24-7-2-3-10-29(24)42(46)52)40(50)37(31)34(16-26)56-43-44(53,22-47)41(51)39(49)35(57-43)21-55-20-25-17-45-32-12-5-4-9-27(25)32/h2-5,7,9-10,12-17,23,28,35,39,41,43,47,49,51,53H,6,8,11,18-22H2,1H3/p+1. The summed E-state index contributed by atoms with van der Waals surface area (Å²) >= 11 is 0. The van der Waals surface area contributed by atoms with Crippen LogP contribution in [0.25, 0.3) is 16.8 Å². The quantitative estimate of drug-likeness (QED) is 0.140. The first kappa shape index (κ1) is 37.3. The van der Waals surface area contributed by atoms with Gasteiger partial charge in [0.2, 0.25) is 6.29 Å². The van der Waals surface area contributed by atoms with Gasteiger partial charge in [0.1, 0.15) is 47.7 Å². The van der Waals surface area contributed by atoms with E-state index in [2.05, 4.69) is 11.1 Å². The Morgan fingerprint density at radius 2 is 2.02 bits per heavy atom. The van der Waals surface area contributed by atoms with Crippen LogP contribution in [0.2, 0.25) is 0 Å². The number of aliphatic hydroxyl groups excluding tert-OH is 3. The van der Waals surface area contributed by atoms with Crippen molar-refractivity contribution in [2.75, 3.05) is 33.5 Å². The van der Waals surface area contributed by atoms with E-state index < -0.39 is 42.6 Å². The Kier molecular flexibility index (Phi) is 9.55. The first-order chi connectivity index (χ1) is 27.6. The maximum absolute atomic E-state index is 14.6. The molecule has 13 nitrogen and oxygen atoms in total. The van der Waals surface area contributed by atoms with E-state index in [0.29, 0.717) is 27.8 Å². The van der Waals surface area contributed by atoms with Crippen LogP contribution in [0.3, 0.4) is 0 Å². The molecule has 1 saturated heterocycles. The average Bonchev–Trinajstić information content (AvgIpc) is 3.96. The molecule has 3 aliphatic carbocycles. The van der Waals surface area contributed by atoms with Gasteiger partial charge in [-0.25, -0.2) is 0 Å². The van der Waals surface area contributed by atoms with E-state index in [-0.39, 0.29) is 66.5 Å². The van der Waals surface area contributed by atoms with Crippen LogP contribution in [0.5, 0.6) is 17.2 Å². The fraction of sp³-hybridized carbons (Fsp3) is 0.364. The summed E-state index contributed by atoms with van der Waals surface area (Å²) in [7, 11) is 1.46. The fourth-order valence-electron chi connectivity index (χ4n) is 9.15. The van der Waals surface area contributed by atoms with Crippen LogP contribution in [-0.4, -0.2) is 112 Å². The Morgan fingerprint density at radius 1 is 1.18 bits per heavy atom. The summed E-state index contributed by atoms with van der Waals surface area (Å²) in [5, 5.41) is 57.4. The normalized spacial score (nSPS) is 28.3. The van der Waals surface area contributed by atoms with Crippen molar-refractivity contribution in [3.63, 3.8) is 0 Å². The van der Waals surface area contributed by atoms with E-state index in [9.17, 15) is 35.1 Å². The molecule has 6 aliphatic rings. The molecule has 3 aromatic carbocycles. The summed E-state index contributed by atoms with van der Waals surface area (Å²) < 4.78 is 24.0. The third kappa shape index (κ3) is 6.17. The van der Waals surface area contributed by atoms with Crippen LogP contribution in [-0.2, 0) is 16.0 Å². The lowest BCUT2D eigenvalue weighted by molar-refractivity contribution is -0.328. The second-order valence-corrected chi connectivity index (χ2v) is 15.4. The Labute approximate surface area is 328 Å². The third-order valence-corrected chi connectivity index (χ3v) is 12.2. The molecular formula is C44H43N2O11+. The van der Waals surface area contributed by atoms with Gasteiger partial charge in [0.25, 0.3) is 5.91 Å². The lowest BCUT2D eigenvalue weighted by Crippen LogP contribution is -2.69. The van der Waals surface area contributed by atoms with E-state index in [1.54, 1.807) is 24.4 Å². The van der Waals surface area contributed by atoms with Crippen LogP contribution in [0, 0.1) is 12.3 Å². The van der Waals surface area contributed by atoms with E-state index >= 15 is 0 Å². The zero-order chi connectivity index (χ0) is 39.6. The summed E-state index contributed by atoms with van der Waals surface area (Å²) in [5.41, 5.74) is 2.78. The largest absolute Gasteiger partial charge is 0.506 e. The first-order valence-corrected chi connectivity index (χ1v) is 19.2. The lowest BCUT2D eigenvalue weighted by atomic mass is 9.76. The smallest absolute Gasteiger partial charge is 0.254 e. The maximum atomic E-state index is 14.6. The average molecular weight is 776 g/mol. The van der Waals surface area contributed by atoms with Crippen molar-refractivity contribution >= 4 is 34.8 Å². The number of methoxy groups -OCH3 is 1. The summed E-state index contributed by atoms with van der Waals surface area (Å²) in [6.07, 6.45) is 9.32. The Balaban J connectivity index is 1.08. The highest BCUT2D eigenvalue weighted by atomic mass is 16.7. The van der Waals surface area contributed by atoms with Crippen molar-refractivity contribution in [2.24, 2.45) is 10.9 Å².